The van der Waals surface area contributed by atoms with Crippen LogP contribution in [-0.2, 0) is 4.74 Å². The molecule has 0 aliphatic carbocycles. The zero-order valence-electron chi connectivity index (χ0n) is 18.0. The highest BCUT2D eigenvalue weighted by Crippen LogP contribution is 2.24. The smallest absolute Gasteiger partial charge is 0.318 e. The predicted molar refractivity (Wildman–Crippen MR) is 120 cm³/mol. The number of amides is 2. The number of hydrogen-bond donors (Lipinski definition) is 1. The Kier molecular flexibility index (Phi) is 7.20. The van der Waals surface area contributed by atoms with Crippen LogP contribution in [0.5, 0.6) is 0 Å². The normalized spacial score (nSPS) is 18.1. The molecule has 8 heteroatoms. The van der Waals surface area contributed by atoms with Crippen molar-refractivity contribution >= 4 is 11.7 Å². The van der Waals surface area contributed by atoms with Crippen LogP contribution < -0.4 is 10.2 Å². The monoisotopic (exact) mass is 437 g/mol. The van der Waals surface area contributed by atoms with Gasteiger partial charge in [0.1, 0.15) is 17.4 Å². The van der Waals surface area contributed by atoms with Crippen LogP contribution in [0.1, 0.15) is 17.2 Å². The van der Waals surface area contributed by atoms with E-state index in [4.69, 9.17) is 4.74 Å². The molecule has 2 amide bonds. The molecule has 4 rings (SSSR count). The molecule has 2 heterocycles. The zero-order valence-corrected chi connectivity index (χ0v) is 18.0. The number of nitrogens with zero attached hydrogens (tertiary/aromatic N) is 4. The number of nitriles is 1. The molecule has 1 N–H and O–H groups in total. The van der Waals surface area contributed by atoms with E-state index in [0.29, 0.717) is 45.1 Å². The van der Waals surface area contributed by atoms with Gasteiger partial charge in [-0.05, 0) is 17.7 Å². The molecular formula is C24H28FN5O2. The van der Waals surface area contributed by atoms with Gasteiger partial charge in [-0.15, -0.1) is 0 Å². The van der Waals surface area contributed by atoms with Gasteiger partial charge in [-0.1, -0.05) is 36.4 Å². The molecule has 2 fully saturated rings. The molecule has 2 aliphatic heterocycles. The van der Waals surface area contributed by atoms with E-state index < -0.39 is 5.82 Å². The van der Waals surface area contributed by atoms with Gasteiger partial charge in [0.2, 0.25) is 0 Å². The van der Waals surface area contributed by atoms with E-state index >= 15 is 0 Å². The van der Waals surface area contributed by atoms with Gasteiger partial charge < -0.3 is 19.9 Å². The maximum absolute atomic E-state index is 14.0. The van der Waals surface area contributed by atoms with Gasteiger partial charge in [0.25, 0.3) is 0 Å². The number of ether oxygens (including phenoxy) is 1. The second kappa shape index (κ2) is 10.4. The molecule has 32 heavy (non-hydrogen) atoms. The fourth-order valence-corrected chi connectivity index (χ4v) is 4.24. The molecule has 2 aromatic rings. The lowest BCUT2D eigenvalue weighted by Crippen LogP contribution is -2.53. The SMILES string of the molecule is N#Cc1c(F)cccc1N1CCN(C(=O)NC(CN2CCOCC2)c2ccccc2)CC1. The van der Waals surface area contributed by atoms with Crippen molar-refractivity contribution in [1.29, 1.82) is 5.26 Å². The number of hydrogen-bond acceptors (Lipinski definition) is 5. The summed E-state index contributed by atoms with van der Waals surface area (Å²) in [5, 5.41) is 12.5. The van der Waals surface area contributed by atoms with Crippen LogP contribution >= 0.6 is 0 Å². The number of carbonyl (C=O) groups is 1. The molecule has 0 aromatic heterocycles. The van der Waals surface area contributed by atoms with Gasteiger partial charge in [0, 0.05) is 45.8 Å². The summed E-state index contributed by atoms with van der Waals surface area (Å²) in [6, 6.07) is 16.4. The minimum absolute atomic E-state index is 0.0556. The number of anilines is 1. The number of rotatable bonds is 5. The van der Waals surface area contributed by atoms with Crippen molar-refractivity contribution in [3.63, 3.8) is 0 Å². The van der Waals surface area contributed by atoms with Gasteiger partial charge in [-0.3, -0.25) is 4.90 Å². The number of urea groups is 1. The van der Waals surface area contributed by atoms with Crippen molar-refractivity contribution in [3.8, 4) is 6.07 Å². The van der Waals surface area contributed by atoms with Crippen LogP contribution in [0.4, 0.5) is 14.9 Å². The number of morpholine rings is 1. The first-order valence-electron chi connectivity index (χ1n) is 11.0. The van der Waals surface area contributed by atoms with Crippen LogP contribution in [-0.4, -0.2) is 74.9 Å². The molecule has 7 nitrogen and oxygen atoms in total. The lowest BCUT2D eigenvalue weighted by atomic mass is 10.1. The molecule has 2 aromatic carbocycles. The van der Waals surface area contributed by atoms with E-state index in [0.717, 1.165) is 25.2 Å². The maximum Gasteiger partial charge on any atom is 0.318 e. The number of carbonyl (C=O) groups excluding carboxylic acids is 1. The maximum atomic E-state index is 14.0. The first-order chi connectivity index (χ1) is 15.7. The Bertz CT molecular complexity index is 951. The van der Waals surface area contributed by atoms with E-state index in [1.54, 1.807) is 17.0 Å². The summed E-state index contributed by atoms with van der Waals surface area (Å²) in [5.41, 5.74) is 1.71. The largest absolute Gasteiger partial charge is 0.379 e. The van der Waals surface area contributed by atoms with Gasteiger partial charge in [-0.25, -0.2) is 9.18 Å². The molecule has 2 saturated heterocycles. The van der Waals surface area contributed by atoms with Crippen molar-refractivity contribution < 1.29 is 13.9 Å². The first kappa shape index (κ1) is 22.1. The third-order valence-electron chi connectivity index (χ3n) is 6.06. The Balaban J connectivity index is 1.39. The Labute approximate surface area is 188 Å². The lowest BCUT2D eigenvalue weighted by molar-refractivity contribution is 0.0337. The lowest BCUT2D eigenvalue weighted by Gasteiger charge is -2.37. The van der Waals surface area contributed by atoms with Crippen molar-refractivity contribution in [1.82, 2.24) is 15.1 Å². The van der Waals surface area contributed by atoms with E-state index in [2.05, 4.69) is 10.2 Å². The van der Waals surface area contributed by atoms with Gasteiger partial charge >= 0.3 is 6.03 Å². The molecule has 2 aliphatic rings. The fraction of sp³-hybridized carbons (Fsp3) is 0.417. The number of nitrogens with one attached hydrogen (secondary N) is 1. The van der Waals surface area contributed by atoms with Crippen LogP contribution in [0.3, 0.4) is 0 Å². The molecule has 1 unspecified atom stereocenters. The molecule has 0 bridgehead atoms. The Hall–Kier alpha value is -3.15. The van der Waals surface area contributed by atoms with E-state index in [1.165, 1.54) is 6.07 Å². The first-order valence-corrected chi connectivity index (χ1v) is 11.0. The highest BCUT2D eigenvalue weighted by Gasteiger charge is 2.26. The molecule has 1 atom stereocenters. The average Bonchev–Trinajstić information content (AvgIpc) is 2.85. The van der Waals surface area contributed by atoms with Crippen LogP contribution in [0, 0.1) is 17.1 Å². The minimum atomic E-state index is -0.515. The highest BCUT2D eigenvalue weighted by atomic mass is 19.1. The van der Waals surface area contributed by atoms with Gasteiger partial charge in [0.05, 0.1) is 24.9 Å². The highest BCUT2D eigenvalue weighted by molar-refractivity contribution is 5.75. The summed E-state index contributed by atoms with van der Waals surface area (Å²) in [7, 11) is 0. The molecule has 0 spiro atoms. The second-order valence-corrected chi connectivity index (χ2v) is 8.05. The Morgan fingerprint density at radius 3 is 2.44 bits per heavy atom. The van der Waals surface area contributed by atoms with Crippen molar-refractivity contribution in [2.75, 3.05) is 63.9 Å². The third-order valence-corrected chi connectivity index (χ3v) is 6.06. The van der Waals surface area contributed by atoms with Crippen LogP contribution in [0.2, 0.25) is 0 Å². The molecular weight excluding hydrogens is 409 g/mol. The third kappa shape index (κ3) is 5.18. The zero-order chi connectivity index (χ0) is 22.3. The summed E-state index contributed by atoms with van der Waals surface area (Å²) in [5.74, 6) is -0.515. The van der Waals surface area contributed by atoms with Crippen LogP contribution in [0.25, 0.3) is 0 Å². The van der Waals surface area contributed by atoms with Crippen molar-refractivity contribution in [3.05, 3.63) is 65.5 Å². The predicted octanol–water partition coefficient (Wildman–Crippen LogP) is 2.60. The Morgan fingerprint density at radius 1 is 1.03 bits per heavy atom. The van der Waals surface area contributed by atoms with E-state index in [1.807, 2.05) is 41.3 Å². The van der Waals surface area contributed by atoms with Gasteiger partial charge in [0.15, 0.2) is 0 Å². The summed E-state index contributed by atoms with van der Waals surface area (Å²) in [6.07, 6.45) is 0. The van der Waals surface area contributed by atoms with E-state index in [9.17, 15) is 14.4 Å². The summed E-state index contributed by atoms with van der Waals surface area (Å²) in [6.45, 7) is 5.96. The Morgan fingerprint density at radius 2 is 1.75 bits per heavy atom. The molecule has 0 saturated carbocycles. The molecule has 168 valence electrons. The number of halogens is 1. The van der Waals surface area contributed by atoms with Crippen molar-refractivity contribution in [2.45, 2.75) is 6.04 Å². The second-order valence-electron chi connectivity index (χ2n) is 8.05. The topological polar surface area (TPSA) is 71.8 Å². The summed E-state index contributed by atoms with van der Waals surface area (Å²) < 4.78 is 19.4. The molecule has 0 radical (unpaired) electrons. The fourth-order valence-electron chi connectivity index (χ4n) is 4.24. The van der Waals surface area contributed by atoms with Gasteiger partial charge in [-0.2, -0.15) is 5.26 Å². The number of piperazine rings is 1. The summed E-state index contributed by atoms with van der Waals surface area (Å²) in [4.78, 5) is 19.2. The quantitative estimate of drug-likeness (QED) is 0.779. The van der Waals surface area contributed by atoms with E-state index in [-0.39, 0.29) is 17.6 Å². The average molecular weight is 438 g/mol. The standard InChI is InChI=1S/C24H28FN5O2/c25-21-7-4-8-23(20(21)17-26)29-9-11-30(12-10-29)24(31)27-22(19-5-2-1-3-6-19)18-28-13-15-32-16-14-28/h1-8,22H,9-16,18H2,(H,27,31). The minimum Gasteiger partial charge on any atom is -0.379 e. The van der Waals surface area contributed by atoms with Crippen LogP contribution in [0.15, 0.2) is 48.5 Å². The summed E-state index contributed by atoms with van der Waals surface area (Å²) >= 11 is 0. The van der Waals surface area contributed by atoms with Crippen molar-refractivity contribution in [2.24, 2.45) is 0 Å². The number of benzene rings is 2.